The van der Waals surface area contributed by atoms with Crippen molar-refractivity contribution in [2.24, 2.45) is 11.3 Å². The molecule has 0 aliphatic heterocycles. The zero-order valence-electron chi connectivity index (χ0n) is 12.1. The third-order valence-corrected chi connectivity index (χ3v) is 4.37. The summed E-state index contributed by atoms with van der Waals surface area (Å²) in [6.45, 7) is 7.84. The van der Waals surface area contributed by atoms with Gasteiger partial charge in [-0.3, -0.25) is 0 Å². The zero-order valence-corrected chi connectivity index (χ0v) is 12.1. The maximum Gasteiger partial charge on any atom is 0.0717 e. The lowest BCUT2D eigenvalue weighted by atomic mass is 9.92. The van der Waals surface area contributed by atoms with Gasteiger partial charge in [0, 0.05) is 0 Å². The van der Waals surface area contributed by atoms with Gasteiger partial charge in [0.2, 0.25) is 0 Å². The molecular formula is C18H26O. The van der Waals surface area contributed by atoms with Crippen LogP contribution in [0.3, 0.4) is 0 Å². The number of allylic oxidation sites excluding steroid dienone is 1. The van der Waals surface area contributed by atoms with Crippen molar-refractivity contribution in [1.29, 1.82) is 0 Å². The summed E-state index contributed by atoms with van der Waals surface area (Å²) in [5, 5.41) is 0. The van der Waals surface area contributed by atoms with Crippen LogP contribution in [0, 0.1) is 11.3 Å². The van der Waals surface area contributed by atoms with E-state index in [1.165, 1.54) is 31.2 Å². The molecule has 19 heavy (non-hydrogen) atoms. The first-order valence-electron chi connectivity index (χ1n) is 7.53. The Labute approximate surface area is 117 Å². The van der Waals surface area contributed by atoms with Crippen LogP contribution < -0.4 is 0 Å². The highest BCUT2D eigenvalue weighted by molar-refractivity contribution is 5.13. The highest BCUT2D eigenvalue weighted by Gasteiger charge is 2.51. The van der Waals surface area contributed by atoms with Crippen LogP contribution in [-0.2, 0) is 11.3 Å². The van der Waals surface area contributed by atoms with Crippen molar-refractivity contribution in [3.05, 3.63) is 48.6 Å². The van der Waals surface area contributed by atoms with Crippen LogP contribution in [0.2, 0.25) is 0 Å². The summed E-state index contributed by atoms with van der Waals surface area (Å²) < 4.78 is 5.89. The van der Waals surface area contributed by atoms with Crippen molar-refractivity contribution in [3.63, 3.8) is 0 Å². The van der Waals surface area contributed by atoms with E-state index in [4.69, 9.17) is 4.74 Å². The molecule has 1 heteroatoms. The zero-order chi connectivity index (χ0) is 13.6. The van der Waals surface area contributed by atoms with Crippen LogP contribution in [0.1, 0.15) is 44.6 Å². The number of rotatable bonds is 9. The van der Waals surface area contributed by atoms with Gasteiger partial charge in [-0.1, -0.05) is 56.2 Å². The van der Waals surface area contributed by atoms with Gasteiger partial charge in [-0.05, 0) is 36.2 Å². The topological polar surface area (TPSA) is 9.23 Å². The minimum Gasteiger partial charge on any atom is -0.376 e. The quantitative estimate of drug-likeness (QED) is 0.568. The molecule has 1 saturated carbocycles. The minimum absolute atomic E-state index is 0.522. The van der Waals surface area contributed by atoms with Gasteiger partial charge in [0.05, 0.1) is 13.2 Å². The summed E-state index contributed by atoms with van der Waals surface area (Å²) in [4.78, 5) is 0. The van der Waals surface area contributed by atoms with Gasteiger partial charge in [0.25, 0.3) is 0 Å². The third kappa shape index (κ3) is 3.94. The summed E-state index contributed by atoms with van der Waals surface area (Å²) in [7, 11) is 0. The molecule has 1 aromatic carbocycles. The fraction of sp³-hybridized carbons (Fsp3) is 0.556. The van der Waals surface area contributed by atoms with Crippen molar-refractivity contribution in [2.45, 2.75) is 45.6 Å². The van der Waals surface area contributed by atoms with Crippen molar-refractivity contribution in [2.75, 3.05) is 6.61 Å². The first kappa shape index (κ1) is 14.3. The smallest absolute Gasteiger partial charge is 0.0717 e. The van der Waals surface area contributed by atoms with E-state index >= 15 is 0 Å². The molecule has 0 saturated heterocycles. The predicted octanol–water partition coefficient (Wildman–Crippen LogP) is 4.98. The molecular weight excluding hydrogens is 232 g/mol. The number of hydrogen-bond donors (Lipinski definition) is 0. The van der Waals surface area contributed by atoms with E-state index < -0.39 is 0 Å². The molecule has 1 fully saturated rings. The first-order valence-corrected chi connectivity index (χ1v) is 7.53. The van der Waals surface area contributed by atoms with Crippen LogP contribution in [-0.4, -0.2) is 6.61 Å². The van der Waals surface area contributed by atoms with E-state index in [9.17, 15) is 0 Å². The van der Waals surface area contributed by atoms with Crippen LogP contribution in [0.15, 0.2) is 43.0 Å². The monoisotopic (exact) mass is 258 g/mol. The lowest BCUT2D eigenvalue weighted by molar-refractivity contribution is 0.0998. The van der Waals surface area contributed by atoms with Crippen molar-refractivity contribution in [3.8, 4) is 0 Å². The van der Waals surface area contributed by atoms with E-state index in [1.54, 1.807) is 0 Å². The Kier molecular flexibility index (Phi) is 5.21. The summed E-state index contributed by atoms with van der Waals surface area (Å²) >= 11 is 0. The van der Waals surface area contributed by atoms with Gasteiger partial charge in [-0.2, -0.15) is 0 Å². The van der Waals surface area contributed by atoms with E-state index in [0.717, 1.165) is 25.6 Å². The van der Waals surface area contributed by atoms with E-state index in [-0.39, 0.29) is 0 Å². The average molecular weight is 258 g/mol. The Balaban J connectivity index is 1.73. The second-order valence-electron chi connectivity index (χ2n) is 5.86. The fourth-order valence-corrected chi connectivity index (χ4v) is 3.04. The van der Waals surface area contributed by atoms with E-state index in [0.29, 0.717) is 5.41 Å². The Morgan fingerprint density at radius 1 is 1.37 bits per heavy atom. The average Bonchev–Trinajstić information content (AvgIpc) is 3.11. The number of ether oxygens (including phenoxy) is 1. The normalized spacial score (nSPS) is 25.2. The van der Waals surface area contributed by atoms with Gasteiger partial charge in [0.1, 0.15) is 0 Å². The van der Waals surface area contributed by atoms with Gasteiger partial charge in [0.15, 0.2) is 0 Å². The Hall–Kier alpha value is -1.08. The molecule has 0 spiro atoms. The lowest BCUT2D eigenvalue weighted by Crippen LogP contribution is -2.08. The van der Waals surface area contributed by atoms with Crippen LogP contribution in [0.25, 0.3) is 0 Å². The summed E-state index contributed by atoms with van der Waals surface area (Å²) in [5.74, 6) is 0.751. The van der Waals surface area contributed by atoms with Crippen LogP contribution in [0.5, 0.6) is 0 Å². The molecule has 1 unspecified atom stereocenters. The summed E-state index contributed by atoms with van der Waals surface area (Å²) in [6, 6.07) is 10.4. The first-order chi connectivity index (χ1) is 9.30. The number of hydrogen-bond acceptors (Lipinski definition) is 1. The Morgan fingerprint density at radius 2 is 2.16 bits per heavy atom. The van der Waals surface area contributed by atoms with Gasteiger partial charge in [-0.25, -0.2) is 0 Å². The maximum absolute atomic E-state index is 5.89. The van der Waals surface area contributed by atoms with E-state index in [2.05, 4.69) is 43.8 Å². The molecule has 104 valence electrons. The second kappa shape index (κ2) is 6.91. The molecule has 1 aliphatic rings. The maximum atomic E-state index is 5.89. The molecule has 2 atom stereocenters. The molecule has 1 aliphatic carbocycles. The molecule has 1 nitrogen and oxygen atoms in total. The molecule has 0 radical (unpaired) electrons. The number of benzene rings is 1. The SMILES string of the molecule is C=CC[C@@]1(CCCC)CC1COCc1ccccc1. The van der Waals surface area contributed by atoms with Crippen molar-refractivity contribution >= 4 is 0 Å². The Morgan fingerprint density at radius 3 is 2.84 bits per heavy atom. The van der Waals surface area contributed by atoms with Gasteiger partial charge < -0.3 is 4.74 Å². The van der Waals surface area contributed by atoms with Crippen molar-refractivity contribution < 1.29 is 4.74 Å². The fourth-order valence-electron chi connectivity index (χ4n) is 3.04. The lowest BCUT2D eigenvalue weighted by Gasteiger charge is -2.15. The van der Waals surface area contributed by atoms with E-state index in [1.807, 2.05) is 6.07 Å². The van der Waals surface area contributed by atoms with Crippen LogP contribution in [0.4, 0.5) is 0 Å². The molecule has 0 N–H and O–H groups in total. The van der Waals surface area contributed by atoms with Crippen LogP contribution >= 0.6 is 0 Å². The largest absolute Gasteiger partial charge is 0.376 e. The molecule has 0 aromatic heterocycles. The van der Waals surface area contributed by atoms with Gasteiger partial charge in [-0.15, -0.1) is 6.58 Å². The highest BCUT2D eigenvalue weighted by atomic mass is 16.5. The highest BCUT2D eigenvalue weighted by Crippen LogP contribution is 2.58. The van der Waals surface area contributed by atoms with Gasteiger partial charge >= 0.3 is 0 Å². The molecule has 2 rings (SSSR count). The minimum atomic E-state index is 0.522. The summed E-state index contributed by atoms with van der Waals surface area (Å²) in [6.07, 6.45) is 8.54. The number of unbranched alkanes of at least 4 members (excludes halogenated alkanes) is 1. The standard InChI is InChI=1S/C18H26O/c1-3-5-12-18(11-4-2)13-17(18)15-19-14-16-9-7-6-8-10-16/h4,6-10,17H,2-3,5,11-15H2,1H3/t17?,18-/m1/s1. The molecule has 1 aromatic rings. The van der Waals surface area contributed by atoms with Crippen molar-refractivity contribution in [1.82, 2.24) is 0 Å². The molecule has 0 heterocycles. The molecule has 0 amide bonds. The molecule has 0 bridgehead atoms. The second-order valence-corrected chi connectivity index (χ2v) is 5.86. The Bertz CT molecular complexity index is 384. The predicted molar refractivity (Wildman–Crippen MR) is 81.0 cm³/mol. The summed E-state index contributed by atoms with van der Waals surface area (Å²) in [5.41, 5.74) is 1.79. The third-order valence-electron chi connectivity index (χ3n) is 4.37.